The first kappa shape index (κ1) is 24.0. The Bertz CT molecular complexity index is 761. The zero-order chi connectivity index (χ0) is 23.2. The maximum absolute atomic E-state index is 12.0. The minimum absolute atomic E-state index is 0.0114. The molecule has 1 aliphatic carbocycles. The molecule has 6 unspecified atom stereocenters. The Morgan fingerprint density at radius 1 is 0.941 bits per heavy atom. The Morgan fingerprint density at radius 3 is 2.44 bits per heavy atom. The number of carbonyl (C=O) groups excluding carboxylic acids is 1. The summed E-state index contributed by atoms with van der Waals surface area (Å²) < 4.78 is 42.1. The fourth-order valence-electron chi connectivity index (χ4n) is 5.28. The summed E-state index contributed by atoms with van der Waals surface area (Å²) in [6.45, 7) is 2.09. The fourth-order valence-corrected chi connectivity index (χ4v) is 5.28. The van der Waals surface area contributed by atoms with Crippen molar-refractivity contribution in [3.05, 3.63) is 30.3 Å². The van der Waals surface area contributed by atoms with Gasteiger partial charge in [0.1, 0.15) is 24.6 Å². The maximum atomic E-state index is 12.0. The molecule has 8 nitrogen and oxygen atoms in total. The zero-order valence-corrected chi connectivity index (χ0v) is 19.7. The lowest BCUT2D eigenvalue weighted by Gasteiger charge is -2.32. The number of ether oxygens (including phenoxy) is 7. The molecule has 188 valence electrons. The Morgan fingerprint density at radius 2 is 1.71 bits per heavy atom. The van der Waals surface area contributed by atoms with Gasteiger partial charge in [-0.15, -0.1) is 0 Å². The summed E-state index contributed by atoms with van der Waals surface area (Å²) in [5.74, 6) is 0.613. The van der Waals surface area contributed by atoms with Gasteiger partial charge in [0.2, 0.25) is 0 Å². The largest absolute Gasteiger partial charge is 0.491 e. The van der Waals surface area contributed by atoms with Crippen LogP contribution in [0.15, 0.2) is 30.3 Å². The predicted molar refractivity (Wildman–Crippen MR) is 121 cm³/mol. The van der Waals surface area contributed by atoms with Crippen LogP contribution in [0.4, 0.5) is 0 Å². The molecule has 3 aliphatic heterocycles. The van der Waals surface area contributed by atoms with Gasteiger partial charge in [-0.1, -0.05) is 18.2 Å². The first-order chi connectivity index (χ1) is 16.7. The minimum atomic E-state index is -0.313. The minimum Gasteiger partial charge on any atom is -0.491 e. The van der Waals surface area contributed by atoms with Crippen LogP contribution in [0.25, 0.3) is 0 Å². The average molecular weight is 477 g/mol. The molecule has 0 amide bonds. The number of hydrogen-bond donors (Lipinski definition) is 0. The monoisotopic (exact) mass is 476 g/mol. The van der Waals surface area contributed by atoms with Crippen LogP contribution in [-0.2, 0) is 33.2 Å². The predicted octanol–water partition coefficient (Wildman–Crippen LogP) is 3.61. The standard InChI is InChI=1S/C26H36O8/c27-23-14-20-21(33-23)15-22(34-25-11-5-7-13-29-25)26(20)31-17-19(32-24-10-4-6-12-28-24)16-30-18-8-2-1-3-9-18/h1-3,8-9,19-22,24-26H,4-7,10-17H2/t19?,20-,21?,22?,24?,25?,26?/m1/s1. The van der Waals surface area contributed by atoms with Gasteiger partial charge in [-0.25, -0.2) is 0 Å². The first-order valence-corrected chi connectivity index (χ1v) is 12.8. The van der Waals surface area contributed by atoms with E-state index in [1.807, 2.05) is 30.3 Å². The third-order valence-corrected chi connectivity index (χ3v) is 7.02. The molecule has 1 saturated carbocycles. The highest BCUT2D eigenvalue weighted by Gasteiger charge is 2.52. The number of fused-ring (bicyclic) bond motifs is 1. The highest BCUT2D eigenvalue weighted by Crippen LogP contribution is 2.41. The maximum Gasteiger partial charge on any atom is 0.306 e. The lowest BCUT2D eigenvalue weighted by Crippen LogP contribution is -2.40. The third-order valence-electron chi connectivity index (χ3n) is 7.02. The van der Waals surface area contributed by atoms with Gasteiger partial charge in [0, 0.05) is 25.6 Å². The van der Waals surface area contributed by atoms with Gasteiger partial charge in [0.05, 0.1) is 25.2 Å². The van der Waals surface area contributed by atoms with Crippen molar-refractivity contribution in [3.63, 3.8) is 0 Å². The van der Waals surface area contributed by atoms with Gasteiger partial charge >= 0.3 is 5.97 Å². The molecule has 0 radical (unpaired) electrons. The van der Waals surface area contributed by atoms with Crippen LogP contribution >= 0.6 is 0 Å². The molecule has 0 aromatic heterocycles. The van der Waals surface area contributed by atoms with Gasteiger partial charge in [0.25, 0.3) is 0 Å². The van der Waals surface area contributed by atoms with Gasteiger partial charge in [0.15, 0.2) is 12.6 Å². The van der Waals surface area contributed by atoms with Crippen molar-refractivity contribution >= 4 is 5.97 Å². The first-order valence-electron chi connectivity index (χ1n) is 12.8. The number of esters is 1. The van der Waals surface area contributed by atoms with Crippen LogP contribution in [-0.4, -0.2) is 69.4 Å². The summed E-state index contributed by atoms with van der Waals surface area (Å²) in [4.78, 5) is 12.0. The highest BCUT2D eigenvalue weighted by atomic mass is 16.7. The summed E-state index contributed by atoms with van der Waals surface area (Å²) in [5, 5.41) is 0. The second kappa shape index (κ2) is 11.8. The van der Waals surface area contributed by atoms with Crippen LogP contribution in [0, 0.1) is 5.92 Å². The summed E-state index contributed by atoms with van der Waals surface area (Å²) in [6.07, 6.45) is 5.68. The van der Waals surface area contributed by atoms with E-state index in [0.717, 1.165) is 50.9 Å². The molecule has 4 fully saturated rings. The van der Waals surface area contributed by atoms with Crippen LogP contribution < -0.4 is 4.74 Å². The summed E-state index contributed by atoms with van der Waals surface area (Å²) in [5.41, 5.74) is 0. The molecule has 1 aromatic carbocycles. The second-order valence-electron chi connectivity index (χ2n) is 9.58. The molecule has 8 heteroatoms. The Kier molecular flexibility index (Phi) is 8.34. The molecule has 34 heavy (non-hydrogen) atoms. The fraction of sp³-hybridized carbons (Fsp3) is 0.731. The topological polar surface area (TPSA) is 81.7 Å². The van der Waals surface area contributed by atoms with Crippen molar-refractivity contribution < 1.29 is 38.0 Å². The molecule has 3 heterocycles. The molecule has 0 bridgehead atoms. The SMILES string of the molecule is O=C1C[C@@H]2C(CC(OC3CCCCO3)C2OCC(COc2ccccc2)OC2CCCCO2)O1. The van der Waals surface area contributed by atoms with E-state index in [-0.39, 0.29) is 48.9 Å². The molecular weight excluding hydrogens is 440 g/mol. The normalized spacial score (nSPS) is 34.4. The number of hydrogen-bond acceptors (Lipinski definition) is 8. The quantitative estimate of drug-likeness (QED) is 0.474. The molecule has 0 N–H and O–H groups in total. The summed E-state index contributed by atoms with van der Waals surface area (Å²) >= 11 is 0. The molecule has 7 atom stereocenters. The lowest BCUT2D eigenvalue weighted by molar-refractivity contribution is -0.226. The van der Waals surface area contributed by atoms with Gasteiger partial charge in [-0.05, 0) is 50.7 Å². The Hall–Kier alpha value is -1.71. The molecule has 4 aliphatic rings. The van der Waals surface area contributed by atoms with Crippen molar-refractivity contribution in [1.82, 2.24) is 0 Å². The molecule has 5 rings (SSSR count). The van der Waals surface area contributed by atoms with E-state index in [9.17, 15) is 4.79 Å². The van der Waals surface area contributed by atoms with Crippen LogP contribution in [0.5, 0.6) is 5.75 Å². The van der Waals surface area contributed by atoms with Crippen molar-refractivity contribution in [2.24, 2.45) is 5.92 Å². The number of benzene rings is 1. The van der Waals surface area contributed by atoms with Gasteiger partial charge < -0.3 is 33.2 Å². The average Bonchev–Trinajstić information content (AvgIpc) is 3.38. The molecule has 1 aromatic rings. The van der Waals surface area contributed by atoms with E-state index in [1.54, 1.807) is 0 Å². The van der Waals surface area contributed by atoms with Crippen LogP contribution in [0.1, 0.15) is 51.4 Å². The smallest absolute Gasteiger partial charge is 0.306 e. The zero-order valence-electron chi connectivity index (χ0n) is 19.7. The number of carbonyl (C=O) groups is 1. The van der Waals surface area contributed by atoms with E-state index < -0.39 is 0 Å². The Balaban J connectivity index is 1.22. The Labute approximate surface area is 201 Å². The van der Waals surface area contributed by atoms with Crippen molar-refractivity contribution in [2.45, 2.75) is 88.4 Å². The van der Waals surface area contributed by atoms with E-state index in [1.165, 1.54) is 0 Å². The molecule has 3 saturated heterocycles. The van der Waals surface area contributed by atoms with Crippen molar-refractivity contribution in [1.29, 1.82) is 0 Å². The molecular formula is C26H36O8. The number of rotatable bonds is 10. The third kappa shape index (κ3) is 6.29. The van der Waals surface area contributed by atoms with Crippen molar-refractivity contribution in [2.75, 3.05) is 26.4 Å². The van der Waals surface area contributed by atoms with Crippen molar-refractivity contribution in [3.8, 4) is 5.75 Å². The van der Waals surface area contributed by atoms with E-state index >= 15 is 0 Å². The van der Waals surface area contributed by atoms with E-state index in [4.69, 9.17) is 33.2 Å². The second-order valence-corrected chi connectivity index (χ2v) is 9.58. The van der Waals surface area contributed by atoms with Gasteiger partial charge in [-0.2, -0.15) is 0 Å². The van der Waals surface area contributed by atoms with Crippen LogP contribution in [0.3, 0.4) is 0 Å². The van der Waals surface area contributed by atoms with Crippen LogP contribution in [0.2, 0.25) is 0 Å². The number of para-hydroxylation sites is 1. The van der Waals surface area contributed by atoms with Gasteiger partial charge in [-0.3, -0.25) is 4.79 Å². The van der Waals surface area contributed by atoms with E-state index in [0.29, 0.717) is 32.7 Å². The summed E-state index contributed by atoms with van der Waals surface area (Å²) in [6, 6.07) is 9.68. The molecule has 0 spiro atoms. The van der Waals surface area contributed by atoms with E-state index in [2.05, 4.69) is 0 Å². The summed E-state index contributed by atoms with van der Waals surface area (Å²) in [7, 11) is 0. The highest BCUT2D eigenvalue weighted by molar-refractivity contribution is 5.72. The lowest BCUT2D eigenvalue weighted by atomic mass is 10.0.